The standard InChI is InChI=1S/C19H29FN2O3S/c1-3-4-5-11-22(13-16-6-8-17(20)9-7-16)19(23)14-21(2)18-10-12-26(24,25)15-18/h6-9,18H,3-5,10-15H2,1-2H3. The van der Waals surface area contributed by atoms with Gasteiger partial charge in [-0.3, -0.25) is 9.69 Å². The summed E-state index contributed by atoms with van der Waals surface area (Å²) in [5.41, 5.74) is 0.891. The topological polar surface area (TPSA) is 57.7 Å². The van der Waals surface area contributed by atoms with Crippen LogP contribution in [-0.4, -0.2) is 61.8 Å². The molecule has 1 saturated heterocycles. The maximum atomic E-state index is 13.1. The Morgan fingerprint density at radius 2 is 1.92 bits per heavy atom. The van der Waals surface area contributed by atoms with E-state index in [0.29, 0.717) is 19.5 Å². The molecule has 1 fully saturated rings. The second-order valence-corrected chi connectivity index (χ2v) is 9.35. The monoisotopic (exact) mass is 384 g/mol. The van der Waals surface area contributed by atoms with E-state index in [-0.39, 0.29) is 35.8 Å². The van der Waals surface area contributed by atoms with Crippen molar-refractivity contribution in [3.8, 4) is 0 Å². The van der Waals surface area contributed by atoms with E-state index in [2.05, 4.69) is 6.92 Å². The summed E-state index contributed by atoms with van der Waals surface area (Å²) in [7, 11) is -1.16. The first kappa shape index (κ1) is 20.8. The third-order valence-corrected chi connectivity index (χ3v) is 6.64. The van der Waals surface area contributed by atoms with E-state index in [9.17, 15) is 17.6 Å². The van der Waals surface area contributed by atoms with Crippen LogP contribution in [0, 0.1) is 5.82 Å². The van der Waals surface area contributed by atoms with E-state index in [1.54, 1.807) is 17.0 Å². The fraction of sp³-hybridized carbons (Fsp3) is 0.632. The largest absolute Gasteiger partial charge is 0.337 e. The number of nitrogens with zero attached hydrogens (tertiary/aromatic N) is 2. The van der Waals surface area contributed by atoms with Crippen molar-refractivity contribution in [1.82, 2.24) is 9.80 Å². The Kier molecular flexibility index (Phi) is 7.58. The molecule has 0 bridgehead atoms. The van der Waals surface area contributed by atoms with E-state index in [1.165, 1.54) is 12.1 Å². The Morgan fingerprint density at radius 1 is 1.23 bits per heavy atom. The maximum Gasteiger partial charge on any atom is 0.237 e. The number of hydrogen-bond donors (Lipinski definition) is 0. The third-order valence-electron chi connectivity index (χ3n) is 4.89. The molecule has 1 aromatic rings. The molecule has 26 heavy (non-hydrogen) atoms. The van der Waals surface area contributed by atoms with Crippen LogP contribution < -0.4 is 0 Å². The molecule has 1 unspecified atom stereocenters. The van der Waals surface area contributed by atoms with Crippen LogP contribution in [0.4, 0.5) is 4.39 Å². The van der Waals surface area contributed by atoms with Crippen molar-refractivity contribution in [2.75, 3.05) is 31.6 Å². The number of sulfone groups is 1. The maximum absolute atomic E-state index is 13.1. The highest BCUT2D eigenvalue weighted by atomic mass is 32.2. The number of benzene rings is 1. The summed E-state index contributed by atoms with van der Waals surface area (Å²) in [5, 5.41) is 0. The molecule has 0 N–H and O–H groups in total. The average molecular weight is 385 g/mol. The van der Waals surface area contributed by atoms with Crippen LogP contribution >= 0.6 is 0 Å². The molecule has 1 heterocycles. The van der Waals surface area contributed by atoms with Gasteiger partial charge in [-0.2, -0.15) is 0 Å². The van der Waals surface area contributed by atoms with Gasteiger partial charge in [0.2, 0.25) is 5.91 Å². The molecule has 146 valence electrons. The van der Waals surface area contributed by atoms with Crippen LogP contribution in [0.25, 0.3) is 0 Å². The van der Waals surface area contributed by atoms with Gasteiger partial charge < -0.3 is 4.90 Å². The smallest absolute Gasteiger partial charge is 0.237 e. The lowest BCUT2D eigenvalue weighted by Gasteiger charge is -2.28. The van der Waals surface area contributed by atoms with Crippen LogP contribution in [0.3, 0.4) is 0 Å². The Balaban J connectivity index is 1.98. The zero-order valence-electron chi connectivity index (χ0n) is 15.7. The van der Waals surface area contributed by atoms with Gasteiger partial charge in [-0.25, -0.2) is 12.8 Å². The van der Waals surface area contributed by atoms with Crippen molar-refractivity contribution in [3.05, 3.63) is 35.6 Å². The number of likely N-dealkylation sites (N-methyl/N-ethyl adjacent to an activating group) is 1. The van der Waals surface area contributed by atoms with E-state index >= 15 is 0 Å². The first-order valence-corrected chi connectivity index (χ1v) is 11.1. The first-order valence-electron chi connectivity index (χ1n) is 9.23. The highest BCUT2D eigenvalue weighted by molar-refractivity contribution is 7.91. The number of carbonyl (C=O) groups is 1. The molecule has 1 amide bonds. The van der Waals surface area contributed by atoms with Crippen molar-refractivity contribution < 1.29 is 17.6 Å². The summed E-state index contributed by atoms with van der Waals surface area (Å²) in [6.45, 7) is 3.41. The van der Waals surface area contributed by atoms with Gasteiger partial charge in [0, 0.05) is 19.1 Å². The molecule has 1 aliphatic rings. The zero-order valence-corrected chi connectivity index (χ0v) is 16.5. The third kappa shape index (κ3) is 6.36. The number of carbonyl (C=O) groups excluding carboxylic acids is 1. The Labute approximate surface area is 156 Å². The average Bonchev–Trinajstić information content (AvgIpc) is 2.96. The van der Waals surface area contributed by atoms with Crippen molar-refractivity contribution in [2.45, 2.75) is 45.2 Å². The van der Waals surface area contributed by atoms with E-state index in [4.69, 9.17) is 0 Å². The summed E-state index contributed by atoms with van der Waals surface area (Å²) >= 11 is 0. The minimum Gasteiger partial charge on any atom is -0.337 e. The van der Waals surface area contributed by atoms with E-state index in [1.807, 2.05) is 11.9 Å². The summed E-state index contributed by atoms with van der Waals surface area (Å²) in [4.78, 5) is 16.4. The normalized spacial score (nSPS) is 19.0. The number of rotatable bonds is 9. The summed E-state index contributed by atoms with van der Waals surface area (Å²) < 4.78 is 36.4. The van der Waals surface area contributed by atoms with Crippen molar-refractivity contribution in [2.24, 2.45) is 0 Å². The fourth-order valence-corrected chi connectivity index (χ4v) is 5.03. The highest BCUT2D eigenvalue weighted by Gasteiger charge is 2.31. The van der Waals surface area contributed by atoms with Crippen molar-refractivity contribution in [1.29, 1.82) is 0 Å². The molecule has 1 atom stereocenters. The number of halogens is 1. The van der Waals surface area contributed by atoms with Gasteiger partial charge in [0.15, 0.2) is 9.84 Å². The second-order valence-electron chi connectivity index (χ2n) is 7.12. The summed E-state index contributed by atoms with van der Waals surface area (Å²) in [6, 6.07) is 6.11. The second kappa shape index (κ2) is 9.46. The molecule has 0 aromatic heterocycles. The lowest BCUT2D eigenvalue weighted by Crippen LogP contribution is -2.43. The number of amides is 1. The minimum absolute atomic E-state index is 0.0165. The van der Waals surface area contributed by atoms with Gasteiger partial charge in [0.05, 0.1) is 18.1 Å². The van der Waals surface area contributed by atoms with Crippen LogP contribution in [0.5, 0.6) is 0 Å². The number of unbranched alkanes of at least 4 members (excludes halogenated alkanes) is 2. The zero-order chi connectivity index (χ0) is 19.2. The van der Waals surface area contributed by atoms with Gasteiger partial charge in [-0.1, -0.05) is 31.9 Å². The molecule has 1 aromatic carbocycles. The van der Waals surface area contributed by atoms with Crippen LogP contribution in [0.2, 0.25) is 0 Å². The molecular formula is C19H29FN2O3S. The van der Waals surface area contributed by atoms with Gasteiger partial charge in [0.25, 0.3) is 0 Å². The Morgan fingerprint density at radius 3 is 2.50 bits per heavy atom. The Bertz CT molecular complexity index is 691. The van der Waals surface area contributed by atoms with E-state index in [0.717, 1.165) is 24.8 Å². The van der Waals surface area contributed by atoms with Gasteiger partial charge in [0.1, 0.15) is 5.82 Å². The summed E-state index contributed by atoms with van der Waals surface area (Å²) in [6.07, 6.45) is 3.62. The van der Waals surface area contributed by atoms with Crippen LogP contribution in [0.15, 0.2) is 24.3 Å². The molecule has 0 radical (unpaired) electrons. The van der Waals surface area contributed by atoms with Crippen LogP contribution in [0.1, 0.15) is 38.2 Å². The predicted octanol–water partition coefficient (Wildman–Crippen LogP) is 2.46. The molecule has 0 saturated carbocycles. The molecule has 0 aliphatic carbocycles. The first-order chi connectivity index (χ1) is 12.3. The van der Waals surface area contributed by atoms with Crippen molar-refractivity contribution in [3.63, 3.8) is 0 Å². The van der Waals surface area contributed by atoms with Crippen LogP contribution in [-0.2, 0) is 21.2 Å². The molecular weight excluding hydrogens is 355 g/mol. The minimum atomic E-state index is -2.97. The SMILES string of the molecule is CCCCCN(Cc1ccc(F)cc1)C(=O)CN(C)C1CCS(=O)(=O)C1. The lowest BCUT2D eigenvalue weighted by molar-refractivity contribution is -0.133. The lowest BCUT2D eigenvalue weighted by atomic mass is 10.1. The fourth-order valence-electron chi connectivity index (χ4n) is 3.22. The van der Waals surface area contributed by atoms with Gasteiger partial charge >= 0.3 is 0 Å². The highest BCUT2D eigenvalue weighted by Crippen LogP contribution is 2.17. The Hall–Kier alpha value is -1.47. The molecule has 7 heteroatoms. The quantitative estimate of drug-likeness (QED) is 0.614. The van der Waals surface area contributed by atoms with E-state index < -0.39 is 9.84 Å². The van der Waals surface area contributed by atoms with Crippen molar-refractivity contribution >= 4 is 15.7 Å². The van der Waals surface area contributed by atoms with Gasteiger partial charge in [-0.15, -0.1) is 0 Å². The molecule has 1 aliphatic heterocycles. The number of hydrogen-bond acceptors (Lipinski definition) is 4. The summed E-state index contributed by atoms with van der Waals surface area (Å²) in [5.74, 6) is 0.0216. The van der Waals surface area contributed by atoms with Gasteiger partial charge in [-0.05, 0) is 37.6 Å². The molecule has 2 rings (SSSR count). The predicted molar refractivity (Wildman–Crippen MR) is 101 cm³/mol. The molecule has 0 spiro atoms. The molecule has 5 nitrogen and oxygen atoms in total.